The molecule has 0 bridgehead atoms. The molecule has 22 heavy (non-hydrogen) atoms. The quantitative estimate of drug-likeness (QED) is 0.424. The maximum absolute atomic E-state index is 12.0. The average Bonchev–Trinajstić information content (AvgIpc) is 2.54. The maximum atomic E-state index is 12.0. The second-order valence-electron chi connectivity index (χ2n) is 4.72. The van der Waals surface area contributed by atoms with Gasteiger partial charge < -0.3 is 5.32 Å². The van der Waals surface area contributed by atoms with Crippen molar-refractivity contribution in [3.8, 4) is 11.4 Å². The first kappa shape index (κ1) is 15.6. The van der Waals surface area contributed by atoms with E-state index < -0.39 is 0 Å². The van der Waals surface area contributed by atoms with Crippen LogP contribution in [0.3, 0.4) is 0 Å². The molecule has 0 radical (unpaired) electrons. The standard InChI is InChI=1S/C15H17N5O2/c1-10-2-5-17-12(8-10)13-9-11(3-6-18-13)15(22)19-7-4-14(21)20-16/h2-3,5-6,8-9H,4,7,16H2,1H3,(H,19,22)(H,20,21). The predicted octanol–water partition coefficient (Wildman–Crippen LogP) is 0.562. The average molecular weight is 299 g/mol. The summed E-state index contributed by atoms with van der Waals surface area (Å²) >= 11 is 0. The van der Waals surface area contributed by atoms with Crippen molar-refractivity contribution in [2.45, 2.75) is 13.3 Å². The van der Waals surface area contributed by atoms with Crippen LogP contribution in [0.1, 0.15) is 22.3 Å². The predicted molar refractivity (Wildman–Crippen MR) is 81.5 cm³/mol. The van der Waals surface area contributed by atoms with Gasteiger partial charge in [0.15, 0.2) is 0 Å². The van der Waals surface area contributed by atoms with Crippen molar-refractivity contribution in [2.75, 3.05) is 6.54 Å². The zero-order valence-electron chi connectivity index (χ0n) is 12.2. The monoisotopic (exact) mass is 299 g/mol. The van der Waals surface area contributed by atoms with Gasteiger partial charge in [0, 0.05) is 30.9 Å². The van der Waals surface area contributed by atoms with Crippen LogP contribution in [0.15, 0.2) is 36.7 Å². The van der Waals surface area contributed by atoms with Crippen molar-refractivity contribution in [3.63, 3.8) is 0 Å². The van der Waals surface area contributed by atoms with Crippen LogP contribution in [0.5, 0.6) is 0 Å². The van der Waals surface area contributed by atoms with Gasteiger partial charge in [-0.15, -0.1) is 0 Å². The Morgan fingerprint density at radius 1 is 1.14 bits per heavy atom. The Labute approximate surface area is 127 Å². The summed E-state index contributed by atoms with van der Waals surface area (Å²) in [4.78, 5) is 31.5. The van der Waals surface area contributed by atoms with E-state index >= 15 is 0 Å². The van der Waals surface area contributed by atoms with Gasteiger partial charge in [0.25, 0.3) is 5.91 Å². The van der Waals surface area contributed by atoms with E-state index in [-0.39, 0.29) is 24.8 Å². The molecule has 0 aliphatic rings. The number of hydrogen-bond donors (Lipinski definition) is 3. The van der Waals surface area contributed by atoms with Gasteiger partial charge in [0.1, 0.15) is 0 Å². The van der Waals surface area contributed by atoms with Crippen molar-refractivity contribution in [1.29, 1.82) is 0 Å². The minimum absolute atomic E-state index is 0.125. The first-order valence-electron chi connectivity index (χ1n) is 6.77. The van der Waals surface area contributed by atoms with Gasteiger partial charge in [-0.25, -0.2) is 5.84 Å². The lowest BCUT2D eigenvalue weighted by Crippen LogP contribution is -2.34. The van der Waals surface area contributed by atoms with Crippen molar-refractivity contribution < 1.29 is 9.59 Å². The molecule has 0 atom stereocenters. The summed E-state index contributed by atoms with van der Waals surface area (Å²) in [6, 6.07) is 7.07. The molecule has 0 spiro atoms. The van der Waals surface area contributed by atoms with E-state index in [9.17, 15) is 9.59 Å². The van der Waals surface area contributed by atoms with E-state index in [0.29, 0.717) is 17.0 Å². The molecule has 2 amide bonds. The summed E-state index contributed by atoms with van der Waals surface area (Å²) < 4.78 is 0. The van der Waals surface area contributed by atoms with Crippen molar-refractivity contribution in [1.82, 2.24) is 20.7 Å². The molecule has 7 heteroatoms. The number of nitrogens with two attached hydrogens (primary N) is 1. The summed E-state index contributed by atoms with van der Waals surface area (Å²) in [5.74, 6) is 4.36. The Morgan fingerprint density at radius 2 is 1.82 bits per heavy atom. The number of carbonyl (C=O) groups excluding carboxylic acids is 2. The summed E-state index contributed by atoms with van der Waals surface area (Å²) in [6.07, 6.45) is 3.38. The Morgan fingerprint density at radius 3 is 2.50 bits per heavy atom. The van der Waals surface area contributed by atoms with Gasteiger partial charge in [-0.1, -0.05) is 0 Å². The van der Waals surface area contributed by atoms with Crippen LogP contribution in [0, 0.1) is 6.92 Å². The zero-order valence-corrected chi connectivity index (χ0v) is 12.2. The molecule has 0 unspecified atom stereocenters. The fourth-order valence-electron chi connectivity index (χ4n) is 1.85. The van der Waals surface area contributed by atoms with Gasteiger partial charge in [-0.2, -0.15) is 0 Å². The number of nitrogens with one attached hydrogen (secondary N) is 2. The van der Waals surface area contributed by atoms with Crippen molar-refractivity contribution in [3.05, 3.63) is 47.8 Å². The SMILES string of the molecule is Cc1ccnc(-c2cc(C(=O)NCCC(=O)NN)ccn2)c1. The number of rotatable bonds is 5. The lowest BCUT2D eigenvalue weighted by Gasteiger charge is -2.06. The first-order chi connectivity index (χ1) is 10.6. The van der Waals surface area contributed by atoms with Gasteiger partial charge in [0.2, 0.25) is 5.91 Å². The third-order valence-electron chi connectivity index (χ3n) is 3.00. The highest BCUT2D eigenvalue weighted by Gasteiger charge is 2.09. The lowest BCUT2D eigenvalue weighted by molar-refractivity contribution is -0.121. The Balaban J connectivity index is 2.08. The molecule has 2 rings (SSSR count). The number of aromatic nitrogens is 2. The molecule has 0 aromatic carbocycles. The molecule has 2 aromatic rings. The largest absolute Gasteiger partial charge is 0.352 e. The van der Waals surface area contributed by atoms with Gasteiger partial charge in [-0.3, -0.25) is 25.0 Å². The number of carbonyl (C=O) groups is 2. The fourth-order valence-corrected chi connectivity index (χ4v) is 1.85. The van der Waals surface area contributed by atoms with Crippen molar-refractivity contribution in [2.24, 2.45) is 5.84 Å². The molecule has 4 N–H and O–H groups in total. The smallest absolute Gasteiger partial charge is 0.251 e. The summed E-state index contributed by atoms with van der Waals surface area (Å²) in [5.41, 5.74) is 4.86. The minimum Gasteiger partial charge on any atom is -0.352 e. The van der Waals surface area contributed by atoms with E-state index in [1.54, 1.807) is 24.5 Å². The molecule has 0 fully saturated rings. The fraction of sp³-hybridized carbons (Fsp3) is 0.200. The maximum Gasteiger partial charge on any atom is 0.251 e. The summed E-state index contributed by atoms with van der Waals surface area (Å²) in [6.45, 7) is 2.17. The van der Waals surface area contributed by atoms with E-state index in [1.165, 1.54) is 0 Å². The van der Waals surface area contributed by atoms with Crippen LogP contribution in [-0.4, -0.2) is 28.3 Å². The molecular formula is C15H17N5O2. The Hall–Kier alpha value is -2.80. The van der Waals surface area contributed by atoms with Gasteiger partial charge in [0.05, 0.1) is 11.4 Å². The number of pyridine rings is 2. The van der Waals surface area contributed by atoms with E-state index in [1.807, 2.05) is 24.5 Å². The van der Waals surface area contributed by atoms with Crippen LogP contribution in [0.4, 0.5) is 0 Å². The third kappa shape index (κ3) is 4.10. The molecule has 7 nitrogen and oxygen atoms in total. The summed E-state index contributed by atoms with van der Waals surface area (Å²) in [5, 5.41) is 2.65. The van der Waals surface area contributed by atoms with Crippen LogP contribution >= 0.6 is 0 Å². The van der Waals surface area contributed by atoms with Gasteiger partial charge in [-0.05, 0) is 36.8 Å². The lowest BCUT2D eigenvalue weighted by atomic mass is 10.1. The third-order valence-corrected chi connectivity index (χ3v) is 3.00. The number of hydrazine groups is 1. The molecule has 0 aliphatic heterocycles. The van der Waals surface area contributed by atoms with E-state index in [2.05, 4.69) is 15.3 Å². The second kappa shape index (κ2) is 7.28. The van der Waals surface area contributed by atoms with Gasteiger partial charge >= 0.3 is 0 Å². The van der Waals surface area contributed by atoms with E-state index in [4.69, 9.17) is 5.84 Å². The molecule has 2 heterocycles. The highest BCUT2D eigenvalue weighted by atomic mass is 16.2. The topological polar surface area (TPSA) is 110 Å². The van der Waals surface area contributed by atoms with Crippen LogP contribution in [0.2, 0.25) is 0 Å². The Kier molecular flexibility index (Phi) is 5.16. The minimum atomic E-state index is -0.334. The van der Waals surface area contributed by atoms with Crippen molar-refractivity contribution >= 4 is 11.8 Å². The molecule has 0 saturated carbocycles. The number of amides is 2. The zero-order chi connectivity index (χ0) is 15.9. The van der Waals surface area contributed by atoms with Crippen LogP contribution in [0.25, 0.3) is 11.4 Å². The first-order valence-corrected chi connectivity index (χ1v) is 6.77. The number of aryl methyl sites for hydroxylation is 1. The molecule has 114 valence electrons. The van der Waals surface area contributed by atoms with Crippen LogP contribution < -0.4 is 16.6 Å². The summed E-state index contributed by atoms with van der Waals surface area (Å²) in [7, 11) is 0. The number of hydrogen-bond acceptors (Lipinski definition) is 5. The molecular weight excluding hydrogens is 282 g/mol. The molecule has 0 aliphatic carbocycles. The number of nitrogens with zero attached hydrogens (tertiary/aromatic N) is 2. The molecule has 2 aromatic heterocycles. The normalized spacial score (nSPS) is 10.1. The highest BCUT2D eigenvalue weighted by molar-refractivity contribution is 5.95. The highest BCUT2D eigenvalue weighted by Crippen LogP contribution is 2.16. The Bertz CT molecular complexity index is 687. The van der Waals surface area contributed by atoms with E-state index in [0.717, 1.165) is 5.56 Å². The van der Waals surface area contributed by atoms with Crippen LogP contribution in [-0.2, 0) is 4.79 Å². The second-order valence-corrected chi connectivity index (χ2v) is 4.72. The molecule has 0 saturated heterocycles.